The van der Waals surface area contributed by atoms with Crippen LogP contribution in [0.15, 0.2) is 18.2 Å². The van der Waals surface area contributed by atoms with Gasteiger partial charge in [-0.3, -0.25) is 4.79 Å². The molecule has 7 heteroatoms. The van der Waals surface area contributed by atoms with Crippen LogP contribution in [-0.2, 0) is 20.3 Å². The van der Waals surface area contributed by atoms with Crippen LogP contribution < -0.4 is 8.92 Å². The van der Waals surface area contributed by atoms with Gasteiger partial charge in [0.15, 0.2) is 11.5 Å². The molecule has 0 atom stereocenters. The monoisotopic (exact) mass is 302 g/mol. The summed E-state index contributed by atoms with van der Waals surface area (Å²) < 4.78 is 32.4. The Morgan fingerprint density at radius 3 is 2.35 bits per heavy atom. The maximum Gasteiger partial charge on any atom is 0.306 e. The minimum atomic E-state index is -3.69. The van der Waals surface area contributed by atoms with Crippen LogP contribution in [0.4, 0.5) is 0 Å². The second-order valence-corrected chi connectivity index (χ2v) is 6.68. The summed E-state index contributed by atoms with van der Waals surface area (Å²) in [7, 11) is -2.30. The number of carboxylic acids is 1. The molecule has 0 spiro atoms. The lowest BCUT2D eigenvalue weighted by molar-refractivity contribution is -0.138. The molecular formula is C13H18O6S. The molecule has 1 N–H and O–H groups in total. The molecule has 0 fully saturated rings. The average molecular weight is 302 g/mol. The third-order valence-electron chi connectivity index (χ3n) is 2.78. The third-order valence-corrected chi connectivity index (χ3v) is 3.26. The zero-order valence-electron chi connectivity index (χ0n) is 11.8. The lowest BCUT2D eigenvalue weighted by Gasteiger charge is -2.24. The fourth-order valence-corrected chi connectivity index (χ4v) is 2.26. The van der Waals surface area contributed by atoms with E-state index in [1.807, 2.05) is 0 Å². The van der Waals surface area contributed by atoms with Crippen molar-refractivity contribution in [2.24, 2.45) is 0 Å². The fourth-order valence-electron chi connectivity index (χ4n) is 1.81. The Hall–Kier alpha value is -1.76. The molecule has 112 valence electrons. The second kappa shape index (κ2) is 5.70. The van der Waals surface area contributed by atoms with Crippen molar-refractivity contribution < 1.29 is 27.2 Å². The van der Waals surface area contributed by atoms with Crippen LogP contribution in [0.3, 0.4) is 0 Å². The third kappa shape index (κ3) is 4.41. The molecule has 0 radical (unpaired) electrons. The zero-order valence-corrected chi connectivity index (χ0v) is 12.7. The fraction of sp³-hybridized carbons (Fsp3) is 0.462. The highest BCUT2D eigenvalue weighted by atomic mass is 32.2. The van der Waals surface area contributed by atoms with Crippen LogP contribution >= 0.6 is 0 Å². The number of rotatable bonds is 6. The van der Waals surface area contributed by atoms with E-state index in [-0.39, 0.29) is 17.9 Å². The van der Waals surface area contributed by atoms with E-state index >= 15 is 0 Å². The van der Waals surface area contributed by atoms with Crippen molar-refractivity contribution in [3.05, 3.63) is 23.8 Å². The van der Waals surface area contributed by atoms with Crippen LogP contribution in [0.2, 0.25) is 0 Å². The predicted molar refractivity (Wildman–Crippen MR) is 73.7 cm³/mol. The Labute approximate surface area is 118 Å². The highest BCUT2D eigenvalue weighted by Crippen LogP contribution is 2.35. The maximum atomic E-state index is 11.2. The Morgan fingerprint density at radius 2 is 1.90 bits per heavy atom. The van der Waals surface area contributed by atoms with Gasteiger partial charge in [-0.2, -0.15) is 8.42 Å². The summed E-state index contributed by atoms with van der Waals surface area (Å²) in [4.78, 5) is 10.9. The number of benzene rings is 1. The number of ether oxygens (including phenoxy) is 1. The number of hydrogen-bond donors (Lipinski definition) is 1. The van der Waals surface area contributed by atoms with Crippen LogP contribution in [0.1, 0.15) is 25.8 Å². The van der Waals surface area contributed by atoms with Crippen molar-refractivity contribution in [1.82, 2.24) is 0 Å². The molecule has 1 aromatic carbocycles. The molecule has 0 aliphatic rings. The smallest absolute Gasteiger partial charge is 0.306 e. The largest absolute Gasteiger partial charge is 0.493 e. The standard InChI is InChI=1S/C13H18O6S/c1-13(2,8-12(14)15)9-5-6-10(18-3)11(7-9)19-20(4,16)17/h5-7H,8H2,1-4H3,(H,14,15). The molecule has 1 aromatic rings. The minimum absolute atomic E-state index is 0.0472. The van der Waals surface area contributed by atoms with Gasteiger partial charge in [0.05, 0.1) is 19.8 Å². The average Bonchev–Trinajstić information content (AvgIpc) is 2.25. The highest BCUT2D eigenvalue weighted by Gasteiger charge is 2.26. The predicted octanol–water partition coefficient (Wildman–Crippen LogP) is 1.79. The minimum Gasteiger partial charge on any atom is -0.493 e. The molecule has 6 nitrogen and oxygen atoms in total. The van der Waals surface area contributed by atoms with Crippen LogP contribution in [0.5, 0.6) is 11.5 Å². The van der Waals surface area contributed by atoms with Crippen molar-refractivity contribution in [1.29, 1.82) is 0 Å². The Kier molecular flexibility index (Phi) is 4.65. The SMILES string of the molecule is COc1ccc(C(C)(C)CC(=O)O)cc1OS(C)(=O)=O. The van der Waals surface area contributed by atoms with E-state index in [1.54, 1.807) is 26.0 Å². The van der Waals surface area contributed by atoms with Crippen LogP contribution in [0.25, 0.3) is 0 Å². The Bertz CT molecular complexity index is 603. The van der Waals surface area contributed by atoms with Gasteiger partial charge in [0.25, 0.3) is 0 Å². The van der Waals surface area contributed by atoms with Gasteiger partial charge >= 0.3 is 16.1 Å². The molecular weight excluding hydrogens is 284 g/mol. The van der Waals surface area contributed by atoms with Crippen LogP contribution in [0, 0.1) is 0 Å². The number of aliphatic carboxylic acids is 1. The lowest BCUT2D eigenvalue weighted by Crippen LogP contribution is -2.22. The Morgan fingerprint density at radius 1 is 1.30 bits per heavy atom. The van der Waals surface area contributed by atoms with Gasteiger partial charge in [-0.15, -0.1) is 0 Å². The summed E-state index contributed by atoms with van der Waals surface area (Å²) in [6.45, 7) is 3.51. The quantitative estimate of drug-likeness (QED) is 0.806. The van der Waals surface area contributed by atoms with Crippen molar-refractivity contribution in [2.75, 3.05) is 13.4 Å². The summed E-state index contributed by atoms with van der Waals surface area (Å²) in [6, 6.07) is 4.74. The summed E-state index contributed by atoms with van der Waals surface area (Å²) in [5, 5.41) is 8.92. The number of methoxy groups -OCH3 is 1. The summed E-state index contributed by atoms with van der Waals surface area (Å²) in [5.41, 5.74) is -0.00683. The van der Waals surface area contributed by atoms with Crippen molar-refractivity contribution >= 4 is 16.1 Å². The molecule has 0 aliphatic heterocycles. The van der Waals surface area contributed by atoms with Crippen molar-refractivity contribution in [3.8, 4) is 11.5 Å². The first-order chi connectivity index (χ1) is 9.05. The second-order valence-electron chi connectivity index (χ2n) is 5.11. The van der Waals surface area contributed by atoms with E-state index in [0.29, 0.717) is 5.56 Å². The van der Waals surface area contributed by atoms with Crippen LogP contribution in [-0.4, -0.2) is 32.9 Å². The first-order valence-electron chi connectivity index (χ1n) is 5.85. The number of carboxylic acid groups (broad SMARTS) is 1. The number of carbonyl (C=O) groups is 1. The number of hydrogen-bond acceptors (Lipinski definition) is 5. The van der Waals surface area contributed by atoms with E-state index in [2.05, 4.69) is 0 Å². The van der Waals surface area contributed by atoms with Gasteiger partial charge in [0.1, 0.15) is 0 Å². The maximum absolute atomic E-state index is 11.2. The molecule has 0 aliphatic carbocycles. The van der Waals surface area contributed by atoms with E-state index < -0.39 is 21.5 Å². The zero-order chi connectivity index (χ0) is 15.6. The molecule has 0 aromatic heterocycles. The Balaban J connectivity index is 3.25. The summed E-state index contributed by atoms with van der Waals surface area (Å²) in [6.07, 6.45) is 0.846. The first kappa shape index (κ1) is 16.3. The molecule has 0 amide bonds. The topological polar surface area (TPSA) is 89.9 Å². The summed E-state index contributed by atoms with van der Waals surface area (Å²) >= 11 is 0. The molecule has 20 heavy (non-hydrogen) atoms. The summed E-state index contributed by atoms with van der Waals surface area (Å²) in [5.74, 6) is -0.618. The first-order valence-corrected chi connectivity index (χ1v) is 7.66. The molecule has 0 heterocycles. The normalized spacial score (nSPS) is 12.0. The van der Waals surface area contributed by atoms with Crippen molar-refractivity contribution in [2.45, 2.75) is 25.7 Å². The van der Waals surface area contributed by atoms with Gasteiger partial charge in [0.2, 0.25) is 0 Å². The molecule has 0 unspecified atom stereocenters. The highest BCUT2D eigenvalue weighted by molar-refractivity contribution is 7.86. The van der Waals surface area contributed by atoms with Gasteiger partial charge in [-0.05, 0) is 17.7 Å². The van der Waals surface area contributed by atoms with E-state index in [4.69, 9.17) is 14.0 Å². The van der Waals surface area contributed by atoms with Gasteiger partial charge in [-0.25, -0.2) is 0 Å². The molecule has 0 bridgehead atoms. The molecule has 1 rings (SSSR count). The molecule has 0 saturated carbocycles. The van der Waals surface area contributed by atoms with E-state index in [1.165, 1.54) is 13.2 Å². The van der Waals surface area contributed by atoms with E-state index in [9.17, 15) is 13.2 Å². The van der Waals surface area contributed by atoms with Gasteiger partial charge in [0, 0.05) is 5.41 Å². The molecule has 0 saturated heterocycles. The van der Waals surface area contributed by atoms with Gasteiger partial charge in [-0.1, -0.05) is 19.9 Å². The lowest BCUT2D eigenvalue weighted by atomic mass is 9.81. The van der Waals surface area contributed by atoms with E-state index in [0.717, 1.165) is 6.26 Å². The van der Waals surface area contributed by atoms with Gasteiger partial charge < -0.3 is 14.0 Å². The van der Waals surface area contributed by atoms with Crippen molar-refractivity contribution in [3.63, 3.8) is 0 Å².